The first-order valence-corrected chi connectivity index (χ1v) is 9.47. The Bertz CT molecular complexity index is 1020. The van der Waals surface area contributed by atoms with Crippen molar-refractivity contribution < 1.29 is 0 Å². The molecule has 0 bridgehead atoms. The number of aromatic amines is 1. The molecular weight excluding hydrogens is 336 g/mol. The van der Waals surface area contributed by atoms with Crippen LogP contribution in [0.2, 0.25) is 0 Å². The summed E-state index contributed by atoms with van der Waals surface area (Å²) in [6, 6.07) is 12.4. The van der Waals surface area contributed by atoms with Crippen molar-refractivity contribution in [1.82, 2.24) is 29.2 Å². The maximum atomic E-state index is 4.82. The van der Waals surface area contributed by atoms with Crippen molar-refractivity contribution in [2.45, 2.75) is 25.3 Å². The van der Waals surface area contributed by atoms with Crippen molar-refractivity contribution in [3.63, 3.8) is 0 Å². The fraction of sp³-hybridized carbons (Fsp3) is 0.286. The first-order valence-electron chi connectivity index (χ1n) is 9.47. The van der Waals surface area contributed by atoms with Gasteiger partial charge in [-0.25, -0.2) is 15.0 Å². The van der Waals surface area contributed by atoms with E-state index in [0.29, 0.717) is 5.92 Å². The van der Waals surface area contributed by atoms with E-state index in [2.05, 4.69) is 54.7 Å². The molecule has 0 unspecified atom stereocenters. The third kappa shape index (κ3) is 3.13. The van der Waals surface area contributed by atoms with Gasteiger partial charge in [0.25, 0.3) is 0 Å². The Morgan fingerprint density at radius 1 is 1.07 bits per heavy atom. The number of nitrogens with zero attached hydrogens (tertiary/aromatic N) is 5. The van der Waals surface area contributed by atoms with Crippen molar-refractivity contribution in [3.05, 3.63) is 72.7 Å². The molecule has 1 aromatic carbocycles. The van der Waals surface area contributed by atoms with Crippen molar-refractivity contribution >= 4 is 5.78 Å². The molecule has 1 fully saturated rings. The van der Waals surface area contributed by atoms with Gasteiger partial charge in [0.05, 0.1) is 11.4 Å². The highest BCUT2D eigenvalue weighted by Crippen LogP contribution is 2.29. The zero-order valence-electron chi connectivity index (χ0n) is 15.1. The molecule has 4 heterocycles. The number of rotatable bonds is 4. The maximum absolute atomic E-state index is 4.82. The van der Waals surface area contributed by atoms with Crippen LogP contribution in [0.5, 0.6) is 0 Å². The Hall–Kier alpha value is -2.99. The highest BCUT2D eigenvalue weighted by Gasteiger charge is 2.25. The summed E-state index contributed by atoms with van der Waals surface area (Å²) >= 11 is 0. The molecule has 1 N–H and O–H groups in total. The van der Waals surface area contributed by atoms with E-state index < -0.39 is 0 Å². The van der Waals surface area contributed by atoms with E-state index in [1.54, 1.807) is 6.20 Å². The summed E-state index contributed by atoms with van der Waals surface area (Å²) in [5, 5.41) is 0. The lowest BCUT2D eigenvalue weighted by Crippen LogP contribution is -2.34. The van der Waals surface area contributed by atoms with Crippen LogP contribution < -0.4 is 0 Å². The average Bonchev–Trinajstić information content (AvgIpc) is 3.38. The van der Waals surface area contributed by atoms with Crippen molar-refractivity contribution in [3.8, 4) is 11.3 Å². The van der Waals surface area contributed by atoms with Crippen LogP contribution in [0.25, 0.3) is 17.0 Å². The van der Waals surface area contributed by atoms with E-state index in [0.717, 1.165) is 42.5 Å². The molecule has 0 aliphatic carbocycles. The van der Waals surface area contributed by atoms with Crippen molar-refractivity contribution in [2.24, 2.45) is 0 Å². The van der Waals surface area contributed by atoms with Crippen LogP contribution in [0.1, 0.15) is 30.3 Å². The highest BCUT2D eigenvalue weighted by atomic mass is 15.2. The van der Waals surface area contributed by atoms with Gasteiger partial charge in [0.1, 0.15) is 5.82 Å². The van der Waals surface area contributed by atoms with Gasteiger partial charge < -0.3 is 4.98 Å². The minimum absolute atomic E-state index is 0.464. The fourth-order valence-electron chi connectivity index (χ4n) is 4.05. The number of likely N-dealkylation sites (tertiary alicyclic amines) is 1. The molecule has 3 aromatic heterocycles. The summed E-state index contributed by atoms with van der Waals surface area (Å²) in [6.07, 6.45) is 9.99. The third-order valence-electron chi connectivity index (χ3n) is 5.33. The van der Waals surface area contributed by atoms with Gasteiger partial charge in [0.2, 0.25) is 5.78 Å². The molecule has 6 nitrogen and oxygen atoms in total. The molecular formula is C21H22N6. The fourth-order valence-corrected chi connectivity index (χ4v) is 4.05. The topological polar surface area (TPSA) is 62.1 Å². The number of H-pyrrole nitrogens is 1. The molecule has 5 rings (SSSR count). The first kappa shape index (κ1) is 16.2. The van der Waals surface area contributed by atoms with E-state index >= 15 is 0 Å². The average molecular weight is 358 g/mol. The predicted molar refractivity (Wildman–Crippen MR) is 104 cm³/mol. The second-order valence-electron chi connectivity index (χ2n) is 7.11. The van der Waals surface area contributed by atoms with Crippen molar-refractivity contribution in [2.75, 3.05) is 13.1 Å². The van der Waals surface area contributed by atoms with E-state index in [1.807, 2.05) is 24.5 Å². The Labute approximate surface area is 157 Å². The van der Waals surface area contributed by atoms with Crippen LogP contribution in [0.3, 0.4) is 0 Å². The Kier molecular flexibility index (Phi) is 4.18. The number of hydrogen-bond acceptors (Lipinski definition) is 4. The largest absolute Gasteiger partial charge is 0.348 e. The molecule has 27 heavy (non-hydrogen) atoms. The summed E-state index contributed by atoms with van der Waals surface area (Å²) in [4.78, 5) is 19.6. The third-order valence-corrected chi connectivity index (χ3v) is 5.33. The predicted octanol–water partition coefficient (Wildman–Crippen LogP) is 3.50. The van der Waals surface area contributed by atoms with E-state index in [-0.39, 0.29) is 0 Å². The SMILES string of the molecule is c1ccc(-c2nc3ncccn3c2CN2CCC[C@H](c3ncc[nH]3)C2)cc1. The normalized spacial score (nSPS) is 18.1. The van der Waals surface area contributed by atoms with Gasteiger partial charge in [-0.2, -0.15) is 0 Å². The van der Waals surface area contributed by atoms with Gasteiger partial charge in [-0.1, -0.05) is 30.3 Å². The summed E-state index contributed by atoms with van der Waals surface area (Å²) in [5.41, 5.74) is 3.36. The maximum Gasteiger partial charge on any atom is 0.234 e. The van der Waals surface area contributed by atoms with E-state index in [1.165, 1.54) is 18.5 Å². The number of imidazole rings is 2. The van der Waals surface area contributed by atoms with Crippen LogP contribution in [0.4, 0.5) is 0 Å². The number of fused-ring (bicyclic) bond motifs is 1. The number of nitrogens with one attached hydrogen (secondary N) is 1. The zero-order chi connectivity index (χ0) is 18.1. The zero-order valence-corrected chi connectivity index (χ0v) is 15.1. The first-order chi connectivity index (χ1) is 13.4. The summed E-state index contributed by atoms with van der Waals surface area (Å²) < 4.78 is 2.12. The molecule has 4 aromatic rings. The minimum Gasteiger partial charge on any atom is -0.348 e. The lowest BCUT2D eigenvalue weighted by Gasteiger charge is -2.31. The van der Waals surface area contributed by atoms with Crippen LogP contribution in [-0.4, -0.2) is 42.3 Å². The summed E-state index contributed by atoms with van der Waals surface area (Å²) in [5.74, 6) is 2.32. The Morgan fingerprint density at radius 3 is 2.85 bits per heavy atom. The molecule has 0 radical (unpaired) electrons. The highest BCUT2D eigenvalue weighted by molar-refractivity contribution is 5.65. The monoisotopic (exact) mass is 358 g/mol. The van der Waals surface area contributed by atoms with E-state index in [4.69, 9.17) is 4.98 Å². The minimum atomic E-state index is 0.464. The summed E-state index contributed by atoms with van der Waals surface area (Å²) in [7, 11) is 0. The lowest BCUT2D eigenvalue weighted by molar-refractivity contribution is 0.195. The smallest absolute Gasteiger partial charge is 0.234 e. The lowest BCUT2D eigenvalue weighted by atomic mass is 9.97. The molecule has 136 valence electrons. The number of benzene rings is 1. The van der Waals surface area contributed by atoms with Crippen LogP contribution >= 0.6 is 0 Å². The van der Waals surface area contributed by atoms with Crippen LogP contribution in [0, 0.1) is 0 Å². The molecule has 0 saturated carbocycles. The number of piperidine rings is 1. The van der Waals surface area contributed by atoms with Crippen LogP contribution in [0.15, 0.2) is 61.2 Å². The number of aromatic nitrogens is 5. The summed E-state index contributed by atoms with van der Waals surface area (Å²) in [6.45, 7) is 2.96. The van der Waals surface area contributed by atoms with Gasteiger partial charge in [0.15, 0.2) is 0 Å². The molecule has 1 aliphatic heterocycles. The van der Waals surface area contributed by atoms with Gasteiger partial charge in [-0.3, -0.25) is 9.30 Å². The molecule has 0 spiro atoms. The van der Waals surface area contributed by atoms with E-state index in [9.17, 15) is 0 Å². The Morgan fingerprint density at radius 2 is 2.00 bits per heavy atom. The standard InChI is InChI=1S/C21H22N6/c1-2-6-16(7-3-1)19-18(27-13-5-9-24-21(27)25-19)15-26-12-4-8-17(14-26)20-22-10-11-23-20/h1-3,5-7,9-11,13,17H,4,8,12,14-15H2,(H,22,23)/t17-/m0/s1. The van der Waals surface area contributed by atoms with Gasteiger partial charge in [-0.05, 0) is 25.5 Å². The second-order valence-corrected chi connectivity index (χ2v) is 7.11. The molecule has 6 heteroatoms. The second kappa shape index (κ2) is 6.96. The van der Waals surface area contributed by atoms with Gasteiger partial charge >= 0.3 is 0 Å². The number of hydrogen-bond donors (Lipinski definition) is 1. The van der Waals surface area contributed by atoms with Crippen molar-refractivity contribution in [1.29, 1.82) is 0 Å². The molecule has 1 saturated heterocycles. The van der Waals surface area contributed by atoms with Gasteiger partial charge in [-0.15, -0.1) is 0 Å². The van der Waals surface area contributed by atoms with Crippen LogP contribution in [-0.2, 0) is 6.54 Å². The Balaban J connectivity index is 1.49. The van der Waals surface area contributed by atoms with Gasteiger partial charge in [0, 0.05) is 49.4 Å². The molecule has 0 amide bonds. The quantitative estimate of drug-likeness (QED) is 0.606. The molecule has 1 atom stereocenters. The molecule has 1 aliphatic rings.